The van der Waals surface area contributed by atoms with Gasteiger partial charge in [0.25, 0.3) is 5.91 Å². The lowest BCUT2D eigenvalue weighted by molar-refractivity contribution is 0.102. The first-order valence-corrected chi connectivity index (χ1v) is 8.26. The summed E-state index contributed by atoms with van der Waals surface area (Å²) in [5.74, 6) is 1.26. The number of aromatic nitrogens is 2. The number of nitrogens with zero attached hydrogens (tertiary/aromatic N) is 2. The summed E-state index contributed by atoms with van der Waals surface area (Å²) in [6, 6.07) is 13.1. The Labute approximate surface area is 150 Å². The van der Waals surface area contributed by atoms with Gasteiger partial charge in [-0.05, 0) is 30.7 Å². The highest BCUT2D eigenvalue weighted by Crippen LogP contribution is 2.30. The van der Waals surface area contributed by atoms with Crippen LogP contribution in [0, 0.1) is 6.92 Å². The Morgan fingerprint density at radius 2 is 1.81 bits per heavy atom. The summed E-state index contributed by atoms with van der Waals surface area (Å²) in [6.45, 7) is 3.00. The number of ether oxygens (including phenoxy) is 2. The van der Waals surface area contributed by atoms with Crippen LogP contribution in [0.3, 0.4) is 0 Å². The minimum absolute atomic E-state index is 0.0620. The van der Waals surface area contributed by atoms with Gasteiger partial charge in [-0.25, -0.2) is 0 Å². The van der Waals surface area contributed by atoms with Crippen molar-refractivity contribution < 1.29 is 18.7 Å². The van der Waals surface area contributed by atoms with E-state index in [0.717, 1.165) is 5.56 Å². The molecule has 0 spiro atoms. The number of hydrogen-bond donors (Lipinski definition) is 1. The van der Waals surface area contributed by atoms with Crippen LogP contribution in [0.15, 0.2) is 46.9 Å². The average Bonchev–Trinajstić information content (AvgIpc) is 3.10. The number of nitrogens with one attached hydrogen (secondary N) is 1. The number of hydrogen-bond acceptors (Lipinski definition) is 6. The summed E-state index contributed by atoms with van der Waals surface area (Å²) in [6.07, 6.45) is 0.507. The molecule has 0 unspecified atom stereocenters. The smallest absolute Gasteiger partial charge is 0.322 e. The Morgan fingerprint density at radius 1 is 1.04 bits per heavy atom. The molecule has 26 heavy (non-hydrogen) atoms. The summed E-state index contributed by atoms with van der Waals surface area (Å²) in [7, 11) is 0. The highest BCUT2D eigenvalue weighted by atomic mass is 16.6. The molecule has 1 N–H and O–H groups in total. The zero-order valence-electron chi connectivity index (χ0n) is 14.2. The van der Waals surface area contributed by atoms with Crippen molar-refractivity contribution in [2.75, 3.05) is 18.5 Å². The van der Waals surface area contributed by atoms with Gasteiger partial charge in [0.1, 0.15) is 13.2 Å². The van der Waals surface area contributed by atoms with E-state index >= 15 is 0 Å². The molecule has 0 radical (unpaired) electrons. The molecule has 1 aliphatic heterocycles. The van der Waals surface area contributed by atoms with E-state index in [-0.39, 0.29) is 11.9 Å². The molecular weight excluding hydrogens is 334 g/mol. The first kappa shape index (κ1) is 16.1. The van der Waals surface area contributed by atoms with Gasteiger partial charge >= 0.3 is 6.01 Å². The molecule has 3 aromatic rings. The fraction of sp³-hybridized carbons (Fsp3) is 0.211. The average molecular weight is 351 g/mol. The number of rotatable bonds is 4. The SMILES string of the molecule is Cc1ccc(Cc2nnc(NC(=O)c3ccc4c(c3)OCCO4)o2)cc1. The third-order valence-corrected chi connectivity index (χ3v) is 3.97. The van der Waals surface area contributed by atoms with Crippen LogP contribution in [0.25, 0.3) is 0 Å². The minimum atomic E-state index is -0.354. The zero-order valence-corrected chi connectivity index (χ0v) is 14.2. The monoisotopic (exact) mass is 351 g/mol. The lowest BCUT2D eigenvalue weighted by Gasteiger charge is -2.18. The summed E-state index contributed by atoms with van der Waals surface area (Å²) in [5, 5.41) is 10.5. The maximum absolute atomic E-state index is 12.4. The number of benzene rings is 2. The van der Waals surface area contributed by atoms with Gasteiger partial charge in [0.2, 0.25) is 5.89 Å². The van der Waals surface area contributed by atoms with Crippen LogP contribution in [0.5, 0.6) is 11.5 Å². The molecule has 1 aromatic heterocycles. The van der Waals surface area contributed by atoms with Crippen molar-refractivity contribution in [1.29, 1.82) is 0 Å². The molecule has 132 valence electrons. The van der Waals surface area contributed by atoms with Crippen molar-refractivity contribution in [3.63, 3.8) is 0 Å². The largest absolute Gasteiger partial charge is 0.486 e. The molecule has 1 amide bonds. The first-order chi connectivity index (χ1) is 12.7. The van der Waals surface area contributed by atoms with E-state index in [9.17, 15) is 4.79 Å². The van der Waals surface area contributed by atoms with Crippen LogP contribution in [0.4, 0.5) is 6.01 Å². The lowest BCUT2D eigenvalue weighted by atomic mass is 10.1. The minimum Gasteiger partial charge on any atom is -0.486 e. The molecular formula is C19H17N3O4. The van der Waals surface area contributed by atoms with Crippen molar-refractivity contribution in [1.82, 2.24) is 10.2 Å². The topological polar surface area (TPSA) is 86.5 Å². The Morgan fingerprint density at radius 3 is 2.62 bits per heavy atom. The second-order valence-corrected chi connectivity index (χ2v) is 5.98. The Balaban J connectivity index is 1.43. The number of fused-ring (bicyclic) bond motifs is 1. The van der Waals surface area contributed by atoms with Gasteiger partial charge in [-0.15, -0.1) is 5.10 Å². The third kappa shape index (κ3) is 3.51. The van der Waals surface area contributed by atoms with E-state index in [1.165, 1.54) is 5.56 Å². The zero-order chi connectivity index (χ0) is 17.9. The van der Waals surface area contributed by atoms with Gasteiger partial charge in [-0.1, -0.05) is 34.9 Å². The van der Waals surface area contributed by atoms with Crippen LogP contribution in [-0.4, -0.2) is 29.3 Å². The van der Waals surface area contributed by atoms with Crippen LogP contribution in [0.1, 0.15) is 27.4 Å². The van der Waals surface area contributed by atoms with Gasteiger partial charge in [0.05, 0.1) is 6.42 Å². The van der Waals surface area contributed by atoms with E-state index in [1.807, 2.05) is 31.2 Å². The second-order valence-electron chi connectivity index (χ2n) is 5.98. The molecule has 7 nitrogen and oxygen atoms in total. The van der Waals surface area contributed by atoms with Crippen LogP contribution < -0.4 is 14.8 Å². The van der Waals surface area contributed by atoms with Gasteiger partial charge < -0.3 is 13.9 Å². The number of carbonyl (C=O) groups excluding carboxylic acids is 1. The Bertz CT molecular complexity index is 934. The molecule has 2 aromatic carbocycles. The van der Waals surface area contributed by atoms with Crippen LogP contribution in [0.2, 0.25) is 0 Å². The molecule has 7 heteroatoms. The first-order valence-electron chi connectivity index (χ1n) is 8.26. The fourth-order valence-electron chi connectivity index (χ4n) is 2.61. The molecule has 0 saturated carbocycles. The maximum atomic E-state index is 12.4. The van der Waals surface area contributed by atoms with E-state index in [0.29, 0.717) is 42.6 Å². The summed E-state index contributed by atoms with van der Waals surface area (Å²) >= 11 is 0. The predicted molar refractivity (Wildman–Crippen MR) is 93.7 cm³/mol. The van der Waals surface area contributed by atoms with Crippen LogP contribution in [-0.2, 0) is 6.42 Å². The normalized spacial score (nSPS) is 12.7. The second kappa shape index (κ2) is 6.87. The van der Waals surface area contributed by atoms with Crippen molar-refractivity contribution in [2.45, 2.75) is 13.3 Å². The molecule has 2 heterocycles. The van der Waals surface area contributed by atoms with Crippen molar-refractivity contribution >= 4 is 11.9 Å². The van der Waals surface area contributed by atoms with Crippen molar-refractivity contribution in [2.24, 2.45) is 0 Å². The Hall–Kier alpha value is -3.35. The molecule has 1 aliphatic rings. The Kier molecular flexibility index (Phi) is 4.27. The van der Waals surface area contributed by atoms with E-state index in [2.05, 4.69) is 15.5 Å². The van der Waals surface area contributed by atoms with E-state index in [1.54, 1.807) is 18.2 Å². The van der Waals surface area contributed by atoms with Gasteiger partial charge in [-0.2, -0.15) is 0 Å². The predicted octanol–water partition coefficient (Wildman–Crippen LogP) is 2.99. The molecule has 0 bridgehead atoms. The molecule has 0 atom stereocenters. The number of carbonyl (C=O) groups is 1. The molecule has 0 aliphatic carbocycles. The number of amides is 1. The lowest BCUT2D eigenvalue weighted by Crippen LogP contribution is -2.17. The van der Waals surface area contributed by atoms with Crippen LogP contribution >= 0.6 is 0 Å². The highest BCUT2D eigenvalue weighted by molar-refractivity contribution is 6.03. The summed E-state index contributed by atoms with van der Waals surface area (Å²) in [4.78, 5) is 12.4. The van der Waals surface area contributed by atoms with E-state index < -0.39 is 0 Å². The molecule has 4 rings (SSSR count). The van der Waals surface area contributed by atoms with E-state index in [4.69, 9.17) is 13.9 Å². The molecule has 0 saturated heterocycles. The number of anilines is 1. The van der Waals surface area contributed by atoms with Crippen molar-refractivity contribution in [3.05, 3.63) is 65.0 Å². The van der Waals surface area contributed by atoms with Gasteiger partial charge in [0.15, 0.2) is 11.5 Å². The standard InChI is InChI=1S/C19H17N3O4/c1-12-2-4-13(5-3-12)10-17-21-22-19(26-17)20-18(23)14-6-7-15-16(11-14)25-9-8-24-15/h2-7,11H,8-10H2,1H3,(H,20,22,23). The number of aryl methyl sites for hydroxylation is 1. The quantitative estimate of drug-likeness (QED) is 0.778. The third-order valence-electron chi connectivity index (χ3n) is 3.97. The fourth-order valence-corrected chi connectivity index (χ4v) is 2.61. The van der Waals surface area contributed by atoms with Gasteiger partial charge in [0, 0.05) is 5.56 Å². The summed E-state index contributed by atoms with van der Waals surface area (Å²) < 4.78 is 16.4. The van der Waals surface area contributed by atoms with Gasteiger partial charge in [-0.3, -0.25) is 10.1 Å². The van der Waals surface area contributed by atoms with Crippen molar-refractivity contribution in [3.8, 4) is 11.5 Å². The maximum Gasteiger partial charge on any atom is 0.322 e. The molecule has 0 fully saturated rings. The highest BCUT2D eigenvalue weighted by Gasteiger charge is 2.17. The summed E-state index contributed by atoms with van der Waals surface area (Å²) in [5.41, 5.74) is 2.67.